The number of amides is 1. The van der Waals surface area contributed by atoms with Gasteiger partial charge in [0, 0.05) is 45.0 Å². The van der Waals surface area contributed by atoms with Crippen LogP contribution in [0.15, 0.2) is 24.3 Å². The van der Waals surface area contributed by atoms with E-state index in [0.29, 0.717) is 6.54 Å². The summed E-state index contributed by atoms with van der Waals surface area (Å²) in [6, 6.07) is 8.30. The van der Waals surface area contributed by atoms with Gasteiger partial charge in [0.2, 0.25) is 5.91 Å². The standard InChI is InChI=1S/C19H29N3O2/c23-15-4-3-9-20-11-13-21(14-12-20)16-19(24)22-10-5-7-17-6-1-2-8-18(17)22/h1-2,6,8,23H,3-5,7,9-16H2. The van der Waals surface area contributed by atoms with Crippen molar-refractivity contribution >= 4 is 11.6 Å². The van der Waals surface area contributed by atoms with Gasteiger partial charge in [-0.1, -0.05) is 18.2 Å². The van der Waals surface area contributed by atoms with Crippen molar-refractivity contribution in [1.29, 1.82) is 0 Å². The molecule has 3 rings (SSSR count). The van der Waals surface area contributed by atoms with Crippen LogP contribution < -0.4 is 4.90 Å². The number of carbonyl (C=O) groups excluding carboxylic acids is 1. The molecule has 1 aromatic rings. The third-order valence-electron chi connectivity index (χ3n) is 5.12. The van der Waals surface area contributed by atoms with Crippen LogP contribution in [0.1, 0.15) is 24.8 Å². The maximum Gasteiger partial charge on any atom is 0.241 e. The summed E-state index contributed by atoms with van der Waals surface area (Å²) in [5.74, 6) is 0.232. The molecule has 2 aliphatic heterocycles. The molecule has 1 fully saturated rings. The Morgan fingerprint density at radius 2 is 1.75 bits per heavy atom. The zero-order chi connectivity index (χ0) is 16.8. The summed E-state index contributed by atoms with van der Waals surface area (Å²) in [4.78, 5) is 19.5. The van der Waals surface area contributed by atoms with E-state index >= 15 is 0 Å². The highest BCUT2D eigenvalue weighted by Crippen LogP contribution is 2.26. The molecular formula is C19H29N3O2. The Morgan fingerprint density at radius 1 is 1.00 bits per heavy atom. The molecule has 132 valence electrons. The van der Waals surface area contributed by atoms with Gasteiger partial charge in [-0.25, -0.2) is 0 Å². The first-order chi connectivity index (χ1) is 11.8. The van der Waals surface area contributed by atoms with Gasteiger partial charge in [-0.15, -0.1) is 0 Å². The number of para-hydroxylation sites is 1. The molecule has 2 heterocycles. The summed E-state index contributed by atoms with van der Waals surface area (Å²) >= 11 is 0. The van der Waals surface area contributed by atoms with E-state index in [0.717, 1.165) is 70.6 Å². The van der Waals surface area contributed by atoms with E-state index in [-0.39, 0.29) is 12.5 Å². The Balaban J connectivity index is 1.48. The number of aliphatic hydroxyl groups excluding tert-OH is 1. The van der Waals surface area contributed by atoms with Crippen molar-refractivity contribution in [3.63, 3.8) is 0 Å². The van der Waals surface area contributed by atoms with E-state index in [1.54, 1.807) is 0 Å². The van der Waals surface area contributed by atoms with Crippen LogP contribution in [0, 0.1) is 0 Å². The summed E-state index contributed by atoms with van der Waals surface area (Å²) < 4.78 is 0. The summed E-state index contributed by atoms with van der Waals surface area (Å²) in [5.41, 5.74) is 2.40. The topological polar surface area (TPSA) is 47.0 Å². The molecule has 0 spiro atoms. The number of carbonyl (C=O) groups is 1. The molecule has 1 N–H and O–H groups in total. The second-order valence-electron chi connectivity index (χ2n) is 6.83. The Bertz CT molecular complexity index is 541. The largest absolute Gasteiger partial charge is 0.396 e. The Kier molecular flexibility index (Phi) is 6.24. The lowest BCUT2D eigenvalue weighted by Crippen LogP contribution is -2.50. The summed E-state index contributed by atoms with van der Waals surface area (Å²) in [5, 5.41) is 8.86. The summed E-state index contributed by atoms with van der Waals surface area (Å²) in [7, 11) is 0. The van der Waals surface area contributed by atoms with Crippen molar-refractivity contribution in [2.45, 2.75) is 25.7 Å². The highest BCUT2D eigenvalue weighted by molar-refractivity contribution is 5.95. The molecule has 1 aromatic carbocycles. The van der Waals surface area contributed by atoms with Crippen LogP contribution in [0.25, 0.3) is 0 Å². The number of aryl methyl sites for hydroxylation is 1. The fourth-order valence-corrected chi connectivity index (χ4v) is 3.69. The third kappa shape index (κ3) is 4.35. The highest BCUT2D eigenvalue weighted by atomic mass is 16.2. The minimum absolute atomic E-state index is 0.232. The van der Waals surface area contributed by atoms with E-state index in [1.807, 2.05) is 11.0 Å². The monoisotopic (exact) mass is 331 g/mol. The predicted molar refractivity (Wildman–Crippen MR) is 96.3 cm³/mol. The maximum absolute atomic E-state index is 12.8. The van der Waals surface area contributed by atoms with E-state index in [4.69, 9.17) is 5.11 Å². The van der Waals surface area contributed by atoms with Crippen LogP contribution in [0.2, 0.25) is 0 Å². The lowest BCUT2D eigenvalue weighted by molar-refractivity contribution is -0.120. The predicted octanol–water partition coefficient (Wildman–Crippen LogP) is 1.36. The van der Waals surface area contributed by atoms with Crippen LogP contribution in [-0.2, 0) is 11.2 Å². The SMILES string of the molecule is O=C(CN1CCN(CCCCO)CC1)N1CCCc2ccccc21. The van der Waals surface area contributed by atoms with Crippen LogP contribution >= 0.6 is 0 Å². The lowest BCUT2D eigenvalue weighted by atomic mass is 10.0. The fraction of sp³-hybridized carbons (Fsp3) is 0.632. The number of fused-ring (bicyclic) bond motifs is 1. The van der Waals surface area contributed by atoms with Crippen LogP contribution in [0.3, 0.4) is 0 Å². The lowest BCUT2D eigenvalue weighted by Gasteiger charge is -2.36. The van der Waals surface area contributed by atoms with Gasteiger partial charge in [0.1, 0.15) is 0 Å². The van der Waals surface area contributed by atoms with Gasteiger partial charge >= 0.3 is 0 Å². The van der Waals surface area contributed by atoms with E-state index < -0.39 is 0 Å². The summed E-state index contributed by atoms with van der Waals surface area (Å²) in [6.45, 7) is 6.68. The smallest absolute Gasteiger partial charge is 0.241 e. The number of nitrogens with zero attached hydrogens (tertiary/aromatic N) is 3. The van der Waals surface area contributed by atoms with Crippen LogP contribution in [0.4, 0.5) is 5.69 Å². The van der Waals surface area contributed by atoms with Gasteiger partial charge in [-0.2, -0.15) is 0 Å². The van der Waals surface area contributed by atoms with Crippen molar-refractivity contribution in [1.82, 2.24) is 9.80 Å². The zero-order valence-electron chi connectivity index (χ0n) is 14.5. The number of rotatable bonds is 6. The van der Waals surface area contributed by atoms with E-state index in [1.165, 1.54) is 5.56 Å². The summed E-state index contributed by atoms with van der Waals surface area (Å²) in [6.07, 6.45) is 4.07. The average Bonchev–Trinajstić information content (AvgIpc) is 2.63. The molecule has 0 radical (unpaired) electrons. The first-order valence-electron chi connectivity index (χ1n) is 9.22. The minimum atomic E-state index is 0.232. The third-order valence-corrected chi connectivity index (χ3v) is 5.12. The molecule has 5 nitrogen and oxygen atoms in total. The molecular weight excluding hydrogens is 302 g/mol. The molecule has 1 amide bonds. The molecule has 0 aromatic heterocycles. The maximum atomic E-state index is 12.8. The van der Waals surface area contributed by atoms with Gasteiger partial charge in [-0.05, 0) is 43.9 Å². The normalized spacial score (nSPS) is 19.3. The zero-order valence-corrected chi connectivity index (χ0v) is 14.5. The van der Waals surface area contributed by atoms with Crippen molar-refractivity contribution in [2.75, 3.05) is 57.3 Å². The molecule has 0 saturated carbocycles. The fourth-order valence-electron chi connectivity index (χ4n) is 3.69. The number of benzene rings is 1. The van der Waals surface area contributed by atoms with Crippen molar-refractivity contribution in [3.05, 3.63) is 29.8 Å². The minimum Gasteiger partial charge on any atom is -0.396 e. The van der Waals surface area contributed by atoms with E-state index in [9.17, 15) is 4.79 Å². The van der Waals surface area contributed by atoms with Gasteiger partial charge in [0.25, 0.3) is 0 Å². The molecule has 5 heteroatoms. The molecule has 1 saturated heterocycles. The van der Waals surface area contributed by atoms with Gasteiger partial charge < -0.3 is 14.9 Å². The number of unbranched alkanes of at least 4 members (excludes halogenated alkanes) is 1. The first kappa shape index (κ1) is 17.4. The number of hydrogen-bond donors (Lipinski definition) is 1. The molecule has 2 aliphatic rings. The molecule has 0 bridgehead atoms. The van der Waals surface area contributed by atoms with Crippen molar-refractivity contribution < 1.29 is 9.90 Å². The number of hydrogen-bond acceptors (Lipinski definition) is 4. The van der Waals surface area contributed by atoms with Gasteiger partial charge in [0.15, 0.2) is 0 Å². The number of anilines is 1. The quantitative estimate of drug-likeness (QED) is 0.800. The Labute approximate surface area is 144 Å². The number of aliphatic hydroxyl groups is 1. The van der Waals surface area contributed by atoms with Crippen molar-refractivity contribution in [2.24, 2.45) is 0 Å². The molecule has 0 unspecified atom stereocenters. The van der Waals surface area contributed by atoms with Crippen LogP contribution in [0.5, 0.6) is 0 Å². The van der Waals surface area contributed by atoms with Gasteiger partial charge in [-0.3, -0.25) is 9.69 Å². The molecule has 0 atom stereocenters. The van der Waals surface area contributed by atoms with Gasteiger partial charge in [0.05, 0.1) is 6.54 Å². The average molecular weight is 331 g/mol. The molecule has 0 aliphatic carbocycles. The second-order valence-corrected chi connectivity index (χ2v) is 6.83. The first-order valence-corrected chi connectivity index (χ1v) is 9.22. The Morgan fingerprint density at radius 3 is 2.54 bits per heavy atom. The Hall–Kier alpha value is -1.43. The molecule has 24 heavy (non-hydrogen) atoms. The number of piperazine rings is 1. The van der Waals surface area contributed by atoms with Crippen molar-refractivity contribution in [3.8, 4) is 0 Å². The van der Waals surface area contributed by atoms with Crippen LogP contribution in [-0.4, -0.2) is 73.2 Å². The second kappa shape index (κ2) is 8.60. The highest BCUT2D eigenvalue weighted by Gasteiger charge is 2.25. The van der Waals surface area contributed by atoms with E-state index in [2.05, 4.69) is 28.0 Å².